The molecule has 0 aliphatic rings. The van der Waals surface area contributed by atoms with Crippen LogP contribution >= 0.6 is 0 Å². The molecule has 0 spiro atoms. The molecule has 0 radical (unpaired) electrons. The lowest BCUT2D eigenvalue weighted by Gasteiger charge is -2.15. The number of hydrogen-bond donors (Lipinski definition) is 2. The topological polar surface area (TPSA) is 71.3 Å². The number of aliphatic hydroxyl groups is 1. The normalized spacial score (nSPS) is 12.5. The van der Waals surface area contributed by atoms with Gasteiger partial charge in [0, 0.05) is 18.3 Å². The van der Waals surface area contributed by atoms with Gasteiger partial charge in [0.05, 0.1) is 6.10 Å². The predicted octanol–water partition coefficient (Wildman–Crippen LogP) is 0.290. The number of nitrogens with zero attached hydrogens (tertiary/aromatic N) is 1. The number of rotatable bonds is 5. The van der Waals surface area contributed by atoms with Gasteiger partial charge in [0.15, 0.2) is 0 Å². The number of carbonyl (C=O) groups is 1. The molecule has 1 heterocycles. The van der Waals surface area contributed by atoms with Crippen LogP contribution in [0.3, 0.4) is 0 Å². The third kappa shape index (κ3) is 4.00. The summed E-state index contributed by atoms with van der Waals surface area (Å²) in [5.74, 6) is -0.186. The number of aliphatic hydroxyl groups excluding tert-OH is 1. The third-order valence-electron chi connectivity index (χ3n) is 2.80. The van der Waals surface area contributed by atoms with Crippen LogP contribution in [0.5, 0.6) is 0 Å². The van der Waals surface area contributed by atoms with Gasteiger partial charge in [-0.3, -0.25) is 9.59 Å². The van der Waals surface area contributed by atoms with Crippen molar-refractivity contribution in [1.29, 1.82) is 0 Å². The van der Waals surface area contributed by atoms with E-state index in [1.54, 1.807) is 25.3 Å². The van der Waals surface area contributed by atoms with E-state index in [1.165, 1.54) is 4.57 Å². The van der Waals surface area contributed by atoms with Crippen molar-refractivity contribution in [1.82, 2.24) is 9.88 Å². The molecular weight excluding hydrogens is 232 g/mol. The Kier molecular flexibility index (Phi) is 5.09. The summed E-state index contributed by atoms with van der Waals surface area (Å²) in [6.45, 7) is 5.64. The van der Waals surface area contributed by atoms with Gasteiger partial charge >= 0.3 is 0 Å². The molecule has 0 bridgehead atoms. The molecule has 0 saturated carbocycles. The lowest BCUT2D eigenvalue weighted by atomic mass is 10.1. The summed E-state index contributed by atoms with van der Waals surface area (Å²) < 4.78 is 1.35. The van der Waals surface area contributed by atoms with E-state index in [0.29, 0.717) is 5.56 Å². The molecule has 0 saturated heterocycles. The van der Waals surface area contributed by atoms with E-state index in [2.05, 4.69) is 5.32 Å². The van der Waals surface area contributed by atoms with Crippen LogP contribution in [0.4, 0.5) is 0 Å². The Labute approximate surface area is 106 Å². The Morgan fingerprint density at radius 2 is 2.17 bits per heavy atom. The molecule has 1 atom stereocenters. The first kappa shape index (κ1) is 14.4. The molecule has 5 heteroatoms. The van der Waals surface area contributed by atoms with Gasteiger partial charge in [-0.05, 0) is 18.9 Å². The highest BCUT2D eigenvalue weighted by molar-refractivity contribution is 5.75. The fraction of sp³-hybridized carbons (Fsp3) is 0.538. The number of aryl methyl sites for hydroxylation is 1. The molecule has 2 N–H and O–H groups in total. The minimum atomic E-state index is -0.566. The average Bonchev–Trinajstić information content (AvgIpc) is 2.32. The van der Waals surface area contributed by atoms with Gasteiger partial charge in [0.25, 0.3) is 5.56 Å². The van der Waals surface area contributed by atoms with Crippen molar-refractivity contribution in [3.63, 3.8) is 0 Å². The Morgan fingerprint density at radius 1 is 1.50 bits per heavy atom. The quantitative estimate of drug-likeness (QED) is 0.791. The van der Waals surface area contributed by atoms with Crippen molar-refractivity contribution in [2.45, 2.75) is 33.4 Å². The molecular formula is C13H20N2O3. The molecule has 0 fully saturated rings. The van der Waals surface area contributed by atoms with E-state index >= 15 is 0 Å². The molecule has 18 heavy (non-hydrogen) atoms. The molecule has 0 aromatic carbocycles. The van der Waals surface area contributed by atoms with E-state index in [0.717, 1.165) is 0 Å². The summed E-state index contributed by atoms with van der Waals surface area (Å²) in [5, 5.41) is 12.2. The van der Waals surface area contributed by atoms with E-state index in [9.17, 15) is 14.7 Å². The Balaban J connectivity index is 2.55. The van der Waals surface area contributed by atoms with Crippen LogP contribution in [-0.4, -0.2) is 28.2 Å². The minimum Gasteiger partial charge on any atom is -0.391 e. The van der Waals surface area contributed by atoms with Crippen molar-refractivity contribution in [3.8, 4) is 0 Å². The largest absolute Gasteiger partial charge is 0.391 e. The SMILES string of the molecule is Cc1cccn(CC(=O)NCC(O)C(C)C)c1=O. The standard InChI is InChI=1S/C13H20N2O3/c1-9(2)11(16)7-14-12(17)8-15-6-4-5-10(3)13(15)18/h4-6,9,11,16H,7-8H2,1-3H3,(H,14,17). The van der Waals surface area contributed by atoms with Crippen molar-refractivity contribution in [3.05, 3.63) is 34.2 Å². The lowest BCUT2D eigenvalue weighted by molar-refractivity contribution is -0.122. The zero-order chi connectivity index (χ0) is 13.7. The summed E-state index contributed by atoms with van der Waals surface area (Å²) in [6.07, 6.45) is 1.01. The first-order chi connectivity index (χ1) is 8.41. The van der Waals surface area contributed by atoms with Crippen molar-refractivity contribution in [2.24, 2.45) is 5.92 Å². The van der Waals surface area contributed by atoms with Crippen molar-refractivity contribution < 1.29 is 9.90 Å². The van der Waals surface area contributed by atoms with E-state index in [-0.39, 0.29) is 30.5 Å². The predicted molar refractivity (Wildman–Crippen MR) is 69.3 cm³/mol. The molecule has 1 unspecified atom stereocenters. The number of aromatic nitrogens is 1. The number of hydrogen-bond acceptors (Lipinski definition) is 3. The second kappa shape index (κ2) is 6.35. The van der Waals surface area contributed by atoms with Gasteiger partial charge in [-0.25, -0.2) is 0 Å². The molecule has 100 valence electrons. The zero-order valence-electron chi connectivity index (χ0n) is 11.0. The van der Waals surface area contributed by atoms with Crippen LogP contribution in [0.1, 0.15) is 19.4 Å². The number of nitrogens with one attached hydrogen (secondary N) is 1. The van der Waals surface area contributed by atoms with Gasteiger partial charge in [0.2, 0.25) is 5.91 Å². The zero-order valence-corrected chi connectivity index (χ0v) is 11.0. The van der Waals surface area contributed by atoms with Gasteiger partial charge in [0.1, 0.15) is 6.54 Å². The highest BCUT2D eigenvalue weighted by atomic mass is 16.3. The average molecular weight is 252 g/mol. The Bertz CT molecular complexity index is 466. The van der Waals surface area contributed by atoms with Gasteiger partial charge in [-0.15, -0.1) is 0 Å². The van der Waals surface area contributed by atoms with E-state index in [4.69, 9.17) is 0 Å². The van der Waals surface area contributed by atoms with Crippen LogP contribution < -0.4 is 10.9 Å². The van der Waals surface area contributed by atoms with Crippen molar-refractivity contribution in [2.75, 3.05) is 6.54 Å². The second-order valence-electron chi connectivity index (χ2n) is 4.74. The smallest absolute Gasteiger partial charge is 0.253 e. The number of pyridine rings is 1. The van der Waals surface area contributed by atoms with E-state index in [1.807, 2.05) is 13.8 Å². The minimum absolute atomic E-state index is 0.0225. The van der Waals surface area contributed by atoms with Gasteiger partial charge < -0.3 is 15.0 Å². The lowest BCUT2D eigenvalue weighted by Crippen LogP contribution is -2.38. The van der Waals surface area contributed by atoms with Gasteiger partial charge in [-0.1, -0.05) is 19.9 Å². The maximum Gasteiger partial charge on any atom is 0.253 e. The molecule has 1 rings (SSSR count). The molecule has 5 nitrogen and oxygen atoms in total. The second-order valence-corrected chi connectivity index (χ2v) is 4.74. The Morgan fingerprint density at radius 3 is 2.78 bits per heavy atom. The Hall–Kier alpha value is -1.62. The van der Waals surface area contributed by atoms with Crippen LogP contribution in [0.15, 0.2) is 23.1 Å². The summed E-state index contributed by atoms with van der Waals surface area (Å²) in [6, 6.07) is 3.44. The molecule has 0 aliphatic carbocycles. The number of amides is 1. The maximum atomic E-state index is 11.7. The summed E-state index contributed by atoms with van der Waals surface area (Å²) >= 11 is 0. The van der Waals surface area contributed by atoms with E-state index < -0.39 is 6.10 Å². The molecule has 1 amide bonds. The maximum absolute atomic E-state index is 11.7. The summed E-state index contributed by atoms with van der Waals surface area (Å²) in [4.78, 5) is 23.3. The van der Waals surface area contributed by atoms with Gasteiger partial charge in [-0.2, -0.15) is 0 Å². The molecule has 0 aliphatic heterocycles. The first-order valence-electron chi connectivity index (χ1n) is 6.02. The molecule has 1 aromatic rings. The highest BCUT2D eigenvalue weighted by Gasteiger charge is 2.11. The fourth-order valence-corrected chi connectivity index (χ4v) is 1.45. The number of carbonyl (C=O) groups excluding carboxylic acids is 1. The van der Waals surface area contributed by atoms with Crippen molar-refractivity contribution >= 4 is 5.91 Å². The fourth-order valence-electron chi connectivity index (χ4n) is 1.45. The highest BCUT2D eigenvalue weighted by Crippen LogP contribution is 1.98. The molecule has 1 aromatic heterocycles. The summed E-state index contributed by atoms with van der Waals surface area (Å²) in [7, 11) is 0. The third-order valence-corrected chi connectivity index (χ3v) is 2.80. The van der Waals surface area contributed by atoms with Crippen LogP contribution in [-0.2, 0) is 11.3 Å². The summed E-state index contributed by atoms with van der Waals surface area (Å²) in [5.41, 5.74) is 0.435. The van der Waals surface area contributed by atoms with Crippen LogP contribution in [0.2, 0.25) is 0 Å². The first-order valence-corrected chi connectivity index (χ1v) is 6.02. The van der Waals surface area contributed by atoms with Crippen LogP contribution in [0.25, 0.3) is 0 Å². The monoisotopic (exact) mass is 252 g/mol. The van der Waals surface area contributed by atoms with Crippen LogP contribution in [0, 0.1) is 12.8 Å².